The third kappa shape index (κ3) is 9.55. The minimum absolute atomic E-state index is 0.119. The third-order valence-corrected chi connectivity index (χ3v) is 7.52. The average Bonchev–Trinajstić information content (AvgIpc) is 2.84. The molecule has 0 saturated heterocycles. The van der Waals surface area contributed by atoms with Crippen molar-refractivity contribution in [3.05, 3.63) is 35.4 Å². The second-order valence-electron chi connectivity index (χ2n) is 11.1. The van der Waals surface area contributed by atoms with Gasteiger partial charge in [-0.05, 0) is 83.4 Å². The highest BCUT2D eigenvalue weighted by molar-refractivity contribution is 7.98. The Bertz CT molecular complexity index is 895. The second kappa shape index (κ2) is 14.6. The van der Waals surface area contributed by atoms with Crippen molar-refractivity contribution in [1.82, 2.24) is 15.5 Å². The van der Waals surface area contributed by atoms with Crippen LogP contribution in [-0.2, 0) is 14.3 Å². The molecule has 0 radical (unpaired) electrons. The molecule has 3 unspecified atom stereocenters. The number of benzene rings is 1. The molecular weight excluding hydrogens is 486 g/mol. The zero-order valence-corrected chi connectivity index (χ0v) is 24.6. The Morgan fingerprint density at radius 1 is 1.14 bits per heavy atom. The van der Waals surface area contributed by atoms with E-state index in [9.17, 15) is 14.4 Å². The first kappa shape index (κ1) is 31.0. The summed E-state index contributed by atoms with van der Waals surface area (Å²) in [5.74, 6) is 0.265. The number of amides is 3. The number of hydrogen-bond donors (Lipinski definition) is 2. The first-order valence-electron chi connectivity index (χ1n) is 13.6. The molecule has 2 N–H and O–H groups in total. The van der Waals surface area contributed by atoms with Crippen LogP contribution in [0.5, 0.6) is 0 Å². The molecule has 3 amide bonds. The van der Waals surface area contributed by atoms with Crippen molar-refractivity contribution in [1.29, 1.82) is 0 Å². The van der Waals surface area contributed by atoms with E-state index in [1.807, 2.05) is 51.3 Å². The van der Waals surface area contributed by atoms with Crippen LogP contribution in [-0.4, -0.2) is 58.5 Å². The van der Waals surface area contributed by atoms with Gasteiger partial charge in [0.15, 0.2) is 0 Å². The van der Waals surface area contributed by atoms with Gasteiger partial charge in [0.25, 0.3) is 0 Å². The lowest BCUT2D eigenvalue weighted by molar-refractivity contribution is -0.145. The maximum Gasteiger partial charge on any atom is 0.408 e. The fourth-order valence-electron chi connectivity index (χ4n) is 4.76. The lowest BCUT2D eigenvalue weighted by Crippen LogP contribution is -2.56. The standard InChI is InChI=1S/C29H47N3O4S/c1-8-21(3)32(27(34)24(18-19-37-7)31-28(35)36-29(4,5)6)25(23-17-13-12-14-20(23)2)26(33)30-22-15-10-9-11-16-22/h12-14,17,21-22,24-25H,8-11,15-16,18-19H2,1-7H3,(H,30,33)(H,31,35). The highest BCUT2D eigenvalue weighted by atomic mass is 32.2. The Hall–Kier alpha value is -2.22. The Morgan fingerprint density at radius 3 is 2.35 bits per heavy atom. The molecule has 8 heteroatoms. The van der Waals surface area contributed by atoms with E-state index in [2.05, 4.69) is 10.6 Å². The summed E-state index contributed by atoms with van der Waals surface area (Å²) < 4.78 is 5.47. The monoisotopic (exact) mass is 533 g/mol. The molecule has 1 aliphatic rings. The molecule has 0 bridgehead atoms. The summed E-state index contributed by atoms with van der Waals surface area (Å²) in [4.78, 5) is 42.6. The van der Waals surface area contributed by atoms with Gasteiger partial charge in [-0.3, -0.25) is 9.59 Å². The SMILES string of the molecule is CCC(C)N(C(=O)C(CCSC)NC(=O)OC(C)(C)C)C(C(=O)NC1CCCCC1)c1ccccc1C. The maximum absolute atomic E-state index is 14.2. The van der Waals surface area contributed by atoms with E-state index >= 15 is 0 Å². The number of hydrogen-bond acceptors (Lipinski definition) is 5. The summed E-state index contributed by atoms with van der Waals surface area (Å²) in [5, 5.41) is 6.08. The molecule has 1 aromatic carbocycles. The molecule has 208 valence electrons. The van der Waals surface area contributed by atoms with Crippen molar-refractivity contribution in [3.63, 3.8) is 0 Å². The van der Waals surface area contributed by atoms with E-state index in [1.165, 1.54) is 6.42 Å². The first-order chi connectivity index (χ1) is 17.5. The predicted molar refractivity (Wildman–Crippen MR) is 152 cm³/mol. The number of ether oxygens (including phenoxy) is 1. The molecule has 0 spiro atoms. The van der Waals surface area contributed by atoms with E-state index in [0.29, 0.717) is 18.6 Å². The fourth-order valence-corrected chi connectivity index (χ4v) is 5.23. The van der Waals surface area contributed by atoms with Crippen LogP contribution in [0.1, 0.15) is 96.7 Å². The molecule has 2 rings (SSSR count). The average molecular weight is 534 g/mol. The number of nitrogens with one attached hydrogen (secondary N) is 2. The lowest BCUT2D eigenvalue weighted by atomic mass is 9.93. The minimum atomic E-state index is -0.801. The Morgan fingerprint density at radius 2 is 1.78 bits per heavy atom. The molecule has 1 saturated carbocycles. The van der Waals surface area contributed by atoms with Gasteiger partial charge >= 0.3 is 6.09 Å². The number of carbonyl (C=O) groups is 3. The van der Waals surface area contributed by atoms with Crippen LogP contribution in [0.3, 0.4) is 0 Å². The molecule has 1 aromatic rings. The number of thioether (sulfide) groups is 1. The molecule has 0 aliphatic heterocycles. The minimum Gasteiger partial charge on any atom is -0.444 e. The van der Waals surface area contributed by atoms with Crippen LogP contribution in [0.15, 0.2) is 24.3 Å². The number of rotatable bonds is 11. The summed E-state index contributed by atoms with van der Waals surface area (Å²) in [6.45, 7) is 11.3. The van der Waals surface area contributed by atoms with Crippen LogP contribution in [0.4, 0.5) is 4.79 Å². The number of aryl methyl sites for hydroxylation is 1. The lowest BCUT2D eigenvalue weighted by Gasteiger charge is -2.39. The largest absolute Gasteiger partial charge is 0.444 e. The van der Waals surface area contributed by atoms with Gasteiger partial charge in [0, 0.05) is 12.1 Å². The summed E-state index contributed by atoms with van der Waals surface area (Å²) in [7, 11) is 0. The van der Waals surface area contributed by atoms with E-state index in [-0.39, 0.29) is 23.9 Å². The number of nitrogens with zero attached hydrogens (tertiary/aromatic N) is 1. The van der Waals surface area contributed by atoms with Crippen LogP contribution in [0, 0.1) is 6.92 Å². The van der Waals surface area contributed by atoms with Crippen LogP contribution in [0.2, 0.25) is 0 Å². The third-order valence-electron chi connectivity index (χ3n) is 6.88. The number of alkyl carbamates (subject to hydrolysis) is 1. The van der Waals surface area contributed by atoms with E-state index in [0.717, 1.165) is 36.8 Å². The highest BCUT2D eigenvalue weighted by Crippen LogP contribution is 2.30. The molecule has 3 atom stereocenters. The van der Waals surface area contributed by atoms with Gasteiger partial charge in [-0.1, -0.05) is 50.5 Å². The van der Waals surface area contributed by atoms with Crippen molar-refractivity contribution >= 4 is 29.7 Å². The molecule has 0 aromatic heterocycles. The second-order valence-corrected chi connectivity index (χ2v) is 12.1. The normalized spacial score (nSPS) is 16.8. The summed E-state index contributed by atoms with van der Waals surface area (Å²) >= 11 is 1.61. The van der Waals surface area contributed by atoms with Gasteiger partial charge < -0.3 is 20.3 Å². The topological polar surface area (TPSA) is 87.7 Å². The van der Waals surface area contributed by atoms with E-state index < -0.39 is 23.8 Å². The van der Waals surface area contributed by atoms with Gasteiger partial charge in [-0.2, -0.15) is 11.8 Å². The quantitative estimate of drug-likeness (QED) is 0.378. The fraction of sp³-hybridized carbons (Fsp3) is 0.690. The van der Waals surface area contributed by atoms with Crippen molar-refractivity contribution in [2.24, 2.45) is 0 Å². The summed E-state index contributed by atoms with van der Waals surface area (Å²) in [6, 6.07) is 6.07. The van der Waals surface area contributed by atoms with Gasteiger partial charge in [0.2, 0.25) is 11.8 Å². The van der Waals surface area contributed by atoms with Crippen LogP contribution in [0.25, 0.3) is 0 Å². The first-order valence-corrected chi connectivity index (χ1v) is 15.0. The van der Waals surface area contributed by atoms with Gasteiger partial charge in [0.05, 0.1) is 0 Å². The maximum atomic E-state index is 14.2. The molecule has 1 fully saturated rings. The number of carbonyl (C=O) groups excluding carboxylic acids is 3. The molecule has 1 aliphatic carbocycles. The smallest absolute Gasteiger partial charge is 0.408 e. The zero-order chi connectivity index (χ0) is 27.6. The Balaban J connectivity index is 2.48. The predicted octanol–water partition coefficient (Wildman–Crippen LogP) is 5.76. The highest BCUT2D eigenvalue weighted by Gasteiger charge is 2.39. The van der Waals surface area contributed by atoms with E-state index in [4.69, 9.17) is 4.74 Å². The van der Waals surface area contributed by atoms with Gasteiger partial charge in [0.1, 0.15) is 17.7 Å². The van der Waals surface area contributed by atoms with Crippen LogP contribution >= 0.6 is 11.8 Å². The van der Waals surface area contributed by atoms with Crippen LogP contribution < -0.4 is 10.6 Å². The van der Waals surface area contributed by atoms with Crippen molar-refractivity contribution in [2.45, 2.75) is 116 Å². The Kier molecular flexibility index (Phi) is 12.3. The molecule has 37 heavy (non-hydrogen) atoms. The van der Waals surface area contributed by atoms with Crippen molar-refractivity contribution < 1.29 is 19.1 Å². The zero-order valence-electron chi connectivity index (χ0n) is 23.8. The van der Waals surface area contributed by atoms with E-state index in [1.54, 1.807) is 37.4 Å². The summed E-state index contributed by atoms with van der Waals surface area (Å²) in [6.07, 6.45) is 7.77. The van der Waals surface area contributed by atoms with Gasteiger partial charge in [-0.25, -0.2) is 4.79 Å². The van der Waals surface area contributed by atoms with Crippen molar-refractivity contribution in [3.8, 4) is 0 Å². The van der Waals surface area contributed by atoms with Gasteiger partial charge in [-0.15, -0.1) is 0 Å². The summed E-state index contributed by atoms with van der Waals surface area (Å²) in [5.41, 5.74) is 1.08. The molecular formula is C29H47N3O4S. The molecule has 7 nitrogen and oxygen atoms in total. The molecule has 0 heterocycles. The van der Waals surface area contributed by atoms with Crippen molar-refractivity contribution in [2.75, 3.05) is 12.0 Å². The Labute approximate surface area is 227 Å².